The quantitative estimate of drug-likeness (QED) is 0.787. The second kappa shape index (κ2) is 5.47. The first-order chi connectivity index (χ1) is 9.31. The van der Waals surface area contributed by atoms with E-state index in [1.54, 1.807) is 12.1 Å². The van der Waals surface area contributed by atoms with Gasteiger partial charge in [0.15, 0.2) is 10.9 Å². The topological polar surface area (TPSA) is 47.8 Å². The zero-order valence-electron chi connectivity index (χ0n) is 10.1. The van der Waals surface area contributed by atoms with Gasteiger partial charge in [-0.05, 0) is 18.2 Å². The molecule has 1 aliphatic heterocycles. The van der Waals surface area contributed by atoms with Gasteiger partial charge in [0.2, 0.25) is 0 Å². The van der Waals surface area contributed by atoms with E-state index in [4.69, 9.17) is 25.6 Å². The lowest BCUT2D eigenvalue weighted by molar-refractivity contribution is 0.262. The van der Waals surface area contributed by atoms with Crippen molar-refractivity contribution >= 4 is 23.8 Å². The van der Waals surface area contributed by atoms with Crippen LogP contribution in [0.15, 0.2) is 34.9 Å². The highest BCUT2D eigenvalue weighted by Crippen LogP contribution is 2.22. The Bertz CT molecular complexity index is 590. The van der Waals surface area contributed by atoms with E-state index in [0.29, 0.717) is 17.5 Å². The number of benzene rings is 1. The summed E-state index contributed by atoms with van der Waals surface area (Å²) in [4.78, 5) is 0. The number of ether oxygens (including phenoxy) is 2. The Morgan fingerprint density at radius 1 is 1.37 bits per heavy atom. The number of nitrogens with zero attached hydrogens (tertiary/aromatic N) is 1. The van der Waals surface area contributed by atoms with E-state index in [1.807, 2.05) is 30.3 Å². The first kappa shape index (κ1) is 12.3. The molecule has 1 aromatic carbocycles. The maximum Gasteiger partial charge on any atom is 0.172 e. The molecule has 1 atom stereocenters. The first-order valence-corrected chi connectivity index (χ1v) is 6.33. The molecular weight excluding hydrogens is 266 g/mol. The summed E-state index contributed by atoms with van der Waals surface area (Å²) in [6.07, 6.45) is 3.94. The molecule has 1 saturated heterocycles. The van der Waals surface area contributed by atoms with Crippen LogP contribution in [0, 0.1) is 0 Å². The van der Waals surface area contributed by atoms with Crippen LogP contribution in [-0.2, 0) is 4.74 Å². The molecule has 0 spiro atoms. The van der Waals surface area contributed by atoms with Gasteiger partial charge >= 0.3 is 0 Å². The van der Waals surface area contributed by atoms with Gasteiger partial charge in [-0.3, -0.25) is 0 Å². The Balaban J connectivity index is 1.73. The Morgan fingerprint density at radius 3 is 2.95 bits per heavy atom. The van der Waals surface area contributed by atoms with Gasteiger partial charge in [-0.25, -0.2) is 0 Å². The molecule has 2 aromatic rings. The van der Waals surface area contributed by atoms with Crippen molar-refractivity contribution in [2.75, 3.05) is 13.2 Å². The van der Waals surface area contributed by atoms with Crippen LogP contribution in [0.3, 0.4) is 0 Å². The van der Waals surface area contributed by atoms with Crippen molar-refractivity contribution in [1.82, 2.24) is 5.16 Å². The average Bonchev–Trinajstić information content (AvgIpc) is 3.17. The van der Waals surface area contributed by atoms with Crippen LogP contribution in [0.25, 0.3) is 12.2 Å². The van der Waals surface area contributed by atoms with Gasteiger partial charge in [-0.1, -0.05) is 35.0 Å². The molecule has 2 heterocycles. The highest BCUT2D eigenvalue weighted by atomic mass is 35.5. The molecule has 0 N–H and O–H groups in total. The molecule has 0 bridgehead atoms. The van der Waals surface area contributed by atoms with Crippen molar-refractivity contribution in [2.45, 2.75) is 6.10 Å². The van der Waals surface area contributed by atoms with E-state index in [2.05, 4.69) is 5.16 Å². The lowest BCUT2D eigenvalue weighted by Gasteiger charge is -2.07. The summed E-state index contributed by atoms with van der Waals surface area (Å²) < 4.78 is 15.8. The van der Waals surface area contributed by atoms with Crippen LogP contribution in [0.2, 0.25) is 5.15 Å². The number of rotatable bonds is 5. The van der Waals surface area contributed by atoms with Crippen LogP contribution in [-0.4, -0.2) is 24.5 Å². The zero-order chi connectivity index (χ0) is 13.1. The molecule has 0 saturated carbocycles. The lowest BCUT2D eigenvalue weighted by Crippen LogP contribution is -2.04. The monoisotopic (exact) mass is 277 g/mol. The Labute approximate surface area is 115 Å². The second-order valence-corrected chi connectivity index (χ2v) is 4.58. The smallest absolute Gasteiger partial charge is 0.172 e. The van der Waals surface area contributed by atoms with Crippen molar-refractivity contribution in [3.8, 4) is 5.75 Å². The molecule has 0 amide bonds. The molecule has 0 aliphatic carbocycles. The van der Waals surface area contributed by atoms with Gasteiger partial charge in [0.05, 0.1) is 6.61 Å². The SMILES string of the molecule is Clc1cc(/C=C/c2ccccc2OCC2CO2)on1. The van der Waals surface area contributed by atoms with Gasteiger partial charge in [0.25, 0.3) is 0 Å². The number of hydrogen-bond donors (Lipinski definition) is 0. The van der Waals surface area contributed by atoms with E-state index < -0.39 is 0 Å². The Kier molecular flexibility index (Phi) is 3.53. The third-order valence-corrected chi connectivity index (χ3v) is 2.85. The van der Waals surface area contributed by atoms with E-state index in [0.717, 1.165) is 17.9 Å². The molecule has 1 fully saturated rings. The van der Waals surface area contributed by atoms with Crippen LogP contribution in [0.4, 0.5) is 0 Å². The predicted molar refractivity (Wildman–Crippen MR) is 72.1 cm³/mol. The molecule has 1 aromatic heterocycles. The standard InChI is InChI=1S/C14H12ClNO3/c15-14-7-11(19-16-14)6-5-10-3-1-2-4-13(10)18-9-12-8-17-12/h1-7,12H,8-9H2/b6-5+. The fourth-order valence-corrected chi connectivity index (χ4v) is 1.76. The van der Waals surface area contributed by atoms with Crippen molar-refractivity contribution in [3.63, 3.8) is 0 Å². The highest BCUT2D eigenvalue weighted by Gasteiger charge is 2.23. The van der Waals surface area contributed by atoms with Crippen LogP contribution < -0.4 is 4.74 Å². The fourth-order valence-electron chi connectivity index (χ4n) is 1.61. The minimum atomic E-state index is 0.241. The molecular formula is C14H12ClNO3. The number of hydrogen-bond acceptors (Lipinski definition) is 4. The maximum absolute atomic E-state index is 5.71. The zero-order valence-corrected chi connectivity index (χ0v) is 10.8. The summed E-state index contributed by atoms with van der Waals surface area (Å²) in [5.41, 5.74) is 0.968. The van der Waals surface area contributed by atoms with Crippen LogP contribution in [0.1, 0.15) is 11.3 Å². The summed E-state index contributed by atoms with van der Waals surface area (Å²) in [6, 6.07) is 9.44. The van der Waals surface area contributed by atoms with Crippen molar-refractivity contribution in [1.29, 1.82) is 0 Å². The van der Waals surface area contributed by atoms with Crippen molar-refractivity contribution < 1.29 is 14.0 Å². The average molecular weight is 278 g/mol. The normalized spacial score (nSPS) is 17.8. The molecule has 98 valence electrons. The number of para-hydroxylation sites is 1. The van der Waals surface area contributed by atoms with E-state index >= 15 is 0 Å². The molecule has 5 heteroatoms. The molecule has 1 unspecified atom stereocenters. The third kappa shape index (κ3) is 3.36. The predicted octanol–water partition coefficient (Wildman–Crippen LogP) is 3.28. The first-order valence-electron chi connectivity index (χ1n) is 5.95. The highest BCUT2D eigenvalue weighted by molar-refractivity contribution is 6.29. The summed E-state index contributed by atoms with van der Waals surface area (Å²) in [6.45, 7) is 1.37. The van der Waals surface area contributed by atoms with Crippen LogP contribution >= 0.6 is 11.6 Å². The summed E-state index contributed by atoms with van der Waals surface area (Å²) >= 11 is 5.69. The van der Waals surface area contributed by atoms with E-state index in [1.165, 1.54) is 0 Å². The third-order valence-electron chi connectivity index (χ3n) is 2.67. The van der Waals surface area contributed by atoms with Gasteiger partial charge in [0, 0.05) is 11.6 Å². The molecule has 19 heavy (non-hydrogen) atoms. The summed E-state index contributed by atoms with van der Waals surface area (Å²) in [5, 5.41) is 3.95. The van der Waals surface area contributed by atoms with E-state index in [-0.39, 0.29) is 6.10 Å². The van der Waals surface area contributed by atoms with Gasteiger partial charge in [-0.15, -0.1) is 0 Å². The van der Waals surface area contributed by atoms with Crippen LogP contribution in [0.5, 0.6) is 5.75 Å². The van der Waals surface area contributed by atoms with E-state index in [9.17, 15) is 0 Å². The molecule has 0 radical (unpaired) electrons. The number of epoxide rings is 1. The van der Waals surface area contributed by atoms with Gasteiger partial charge in [0.1, 0.15) is 18.5 Å². The Morgan fingerprint density at radius 2 is 2.21 bits per heavy atom. The maximum atomic E-state index is 5.71. The minimum Gasteiger partial charge on any atom is -0.490 e. The Hall–Kier alpha value is -1.78. The largest absolute Gasteiger partial charge is 0.490 e. The lowest BCUT2D eigenvalue weighted by atomic mass is 10.2. The summed E-state index contributed by atoms with van der Waals surface area (Å²) in [7, 11) is 0. The van der Waals surface area contributed by atoms with Crippen molar-refractivity contribution in [3.05, 3.63) is 46.8 Å². The number of aromatic nitrogens is 1. The fraction of sp³-hybridized carbons (Fsp3) is 0.214. The molecule has 4 nitrogen and oxygen atoms in total. The molecule has 3 rings (SSSR count). The second-order valence-electron chi connectivity index (χ2n) is 4.19. The number of halogens is 1. The van der Waals surface area contributed by atoms with Gasteiger partial charge < -0.3 is 14.0 Å². The minimum absolute atomic E-state index is 0.241. The van der Waals surface area contributed by atoms with Gasteiger partial charge in [-0.2, -0.15) is 0 Å². The van der Waals surface area contributed by atoms with Crippen molar-refractivity contribution in [2.24, 2.45) is 0 Å². The molecule has 1 aliphatic rings. The summed E-state index contributed by atoms with van der Waals surface area (Å²) in [5.74, 6) is 1.42.